The number of nitrogens with zero attached hydrogens (tertiary/aromatic N) is 1. The van der Waals surface area contributed by atoms with Gasteiger partial charge in [0, 0.05) is 6.42 Å². The molecule has 1 aliphatic rings. The summed E-state index contributed by atoms with van der Waals surface area (Å²) in [6, 6.07) is 11.4. The van der Waals surface area contributed by atoms with Gasteiger partial charge in [-0.1, -0.05) is 12.1 Å². The summed E-state index contributed by atoms with van der Waals surface area (Å²) in [5.74, 6) is 2.58. The van der Waals surface area contributed by atoms with Crippen LogP contribution in [0.15, 0.2) is 40.8 Å². The Morgan fingerprint density at radius 3 is 2.68 bits per heavy atom. The molecule has 1 aliphatic heterocycles. The molecule has 6 heteroatoms. The van der Waals surface area contributed by atoms with E-state index >= 15 is 0 Å². The van der Waals surface area contributed by atoms with Crippen molar-refractivity contribution in [3.8, 4) is 5.75 Å². The number of furan rings is 1. The third kappa shape index (κ3) is 4.09. The van der Waals surface area contributed by atoms with Gasteiger partial charge < -0.3 is 19.5 Å². The van der Waals surface area contributed by atoms with E-state index in [0.29, 0.717) is 24.6 Å². The zero-order valence-electron chi connectivity index (χ0n) is 20.5. The van der Waals surface area contributed by atoms with E-state index in [-0.39, 0.29) is 11.5 Å². The highest BCUT2D eigenvalue weighted by molar-refractivity contribution is 5.91. The van der Waals surface area contributed by atoms with E-state index in [1.165, 1.54) is 27.8 Å². The molecule has 1 amide bonds. The number of benzene rings is 2. The highest BCUT2D eigenvalue weighted by atomic mass is 16.5. The number of fused-ring (bicyclic) bond motifs is 2. The maximum Gasteiger partial charge on any atom is 0.287 e. The van der Waals surface area contributed by atoms with Gasteiger partial charge in [-0.2, -0.15) is 0 Å². The molecule has 3 heterocycles. The van der Waals surface area contributed by atoms with Gasteiger partial charge >= 0.3 is 0 Å². The SMILES string of the molecule is Cc1c(C)c2c(c(C)c1Cc1ccc(C(=O)NCc3nc4ccccc4[nH]3)o1)CCC(C)(C)O2. The number of nitrogens with one attached hydrogen (secondary N) is 2. The van der Waals surface area contributed by atoms with Crippen molar-refractivity contribution in [2.24, 2.45) is 0 Å². The van der Waals surface area contributed by atoms with E-state index in [1.54, 1.807) is 6.07 Å². The molecule has 0 saturated heterocycles. The number of aromatic amines is 1. The topological polar surface area (TPSA) is 80.2 Å². The molecule has 2 aromatic heterocycles. The molecule has 5 rings (SSSR count). The van der Waals surface area contributed by atoms with E-state index < -0.39 is 0 Å². The second-order valence-corrected chi connectivity index (χ2v) is 9.85. The Morgan fingerprint density at radius 1 is 1.09 bits per heavy atom. The fourth-order valence-corrected chi connectivity index (χ4v) is 4.82. The molecule has 0 aliphatic carbocycles. The van der Waals surface area contributed by atoms with Gasteiger partial charge in [-0.15, -0.1) is 0 Å². The molecule has 2 aromatic carbocycles. The molecule has 0 unspecified atom stereocenters. The van der Waals surface area contributed by atoms with E-state index in [2.05, 4.69) is 49.9 Å². The lowest BCUT2D eigenvalue weighted by atomic mass is 9.84. The van der Waals surface area contributed by atoms with Crippen LogP contribution in [-0.2, 0) is 19.4 Å². The van der Waals surface area contributed by atoms with Gasteiger partial charge in [0.15, 0.2) is 5.76 Å². The summed E-state index contributed by atoms with van der Waals surface area (Å²) in [6.07, 6.45) is 2.65. The lowest BCUT2D eigenvalue weighted by molar-refractivity contribution is 0.0833. The zero-order valence-corrected chi connectivity index (χ0v) is 20.5. The van der Waals surface area contributed by atoms with Crippen molar-refractivity contribution in [3.63, 3.8) is 0 Å². The third-order valence-corrected chi connectivity index (χ3v) is 6.98. The number of H-pyrrole nitrogens is 1. The van der Waals surface area contributed by atoms with Crippen LogP contribution in [0.5, 0.6) is 5.75 Å². The van der Waals surface area contributed by atoms with E-state index in [4.69, 9.17) is 9.15 Å². The molecule has 0 spiro atoms. The van der Waals surface area contributed by atoms with Crippen LogP contribution in [0.25, 0.3) is 11.0 Å². The highest BCUT2D eigenvalue weighted by Gasteiger charge is 2.30. The van der Waals surface area contributed by atoms with Crippen molar-refractivity contribution in [2.45, 2.75) is 66.0 Å². The fraction of sp³-hybridized carbons (Fsp3) is 0.357. The molecule has 0 saturated carbocycles. The molecule has 0 atom stereocenters. The van der Waals surface area contributed by atoms with Crippen LogP contribution >= 0.6 is 0 Å². The molecule has 0 bridgehead atoms. The van der Waals surface area contributed by atoms with Gasteiger partial charge in [0.1, 0.15) is 22.9 Å². The number of carbonyl (C=O) groups is 1. The maximum atomic E-state index is 12.7. The monoisotopic (exact) mass is 457 g/mol. The number of aromatic nitrogens is 2. The first kappa shape index (κ1) is 22.3. The van der Waals surface area contributed by atoms with Crippen molar-refractivity contribution in [2.75, 3.05) is 0 Å². The van der Waals surface area contributed by atoms with Crippen molar-refractivity contribution in [1.82, 2.24) is 15.3 Å². The van der Waals surface area contributed by atoms with Crippen LogP contribution < -0.4 is 10.1 Å². The molecular formula is C28H31N3O3. The van der Waals surface area contributed by atoms with Gasteiger partial charge in [-0.3, -0.25) is 4.79 Å². The molecule has 0 fully saturated rings. The van der Waals surface area contributed by atoms with Crippen LogP contribution in [0.4, 0.5) is 0 Å². The number of hydrogen-bond donors (Lipinski definition) is 2. The summed E-state index contributed by atoms with van der Waals surface area (Å²) in [6.45, 7) is 11.1. The van der Waals surface area contributed by atoms with E-state index in [9.17, 15) is 4.79 Å². The second kappa shape index (κ2) is 8.35. The van der Waals surface area contributed by atoms with Crippen molar-refractivity contribution in [1.29, 1.82) is 0 Å². The molecule has 176 valence electrons. The smallest absolute Gasteiger partial charge is 0.287 e. The quantitative estimate of drug-likeness (QED) is 0.403. The predicted octanol–water partition coefficient (Wildman–Crippen LogP) is 5.71. The van der Waals surface area contributed by atoms with Crippen LogP contribution in [0, 0.1) is 20.8 Å². The van der Waals surface area contributed by atoms with Gasteiger partial charge in [0.25, 0.3) is 5.91 Å². The number of rotatable bonds is 5. The van der Waals surface area contributed by atoms with Crippen LogP contribution in [0.3, 0.4) is 0 Å². The van der Waals surface area contributed by atoms with Gasteiger partial charge in [0.05, 0.1) is 17.6 Å². The highest BCUT2D eigenvalue weighted by Crippen LogP contribution is 2.41. The lowest BCUT2D eigenvalue weighted by Crippen LogP contribution is -2.33. The van der Waals surface area contributed by atoms with E-state index in [1.807, 2.05) is 30.3 Å². The third-order valence-electron chi connectivity index (χ3n) is 6.98. The minimum absolute atomic E-state index is 0.135. The number of ether oxygens (including phenoxy) is 1. The van der Waals surface area contributed by atoms with Crippen molar-refractivity contribution in [3.05, 3.63) is 81.6 Å². The first-order valence-corrected chi connectivity index (χ1v) is 11.8. The van der Waals surface area contributed by atoms with Crippen LogP contribution in [0.1, 0.15) is 70.2 Å². The van der Waals surface area contributed by atoms with Gasteiger partial charge in [-0.25, -0.2) is 4.98 Å². The standard InChI is InChI=1S/C28H31N3O3/c1-16-17(2)26-20(12-13-28(4,5)34-26)18(3)21(16)14-19-10-11-24(33-19)27(32)29-15-25-30-22-8-6-7-9-23(22)31-25/h6-11H,12-15H2,1-5H3,(H,29,32)(H,30,31). The minimum Gasteiger partial charge on any atom is -0.487 e. The fourth-order valence-electron chi connectivity index (χ4n) is 4.82. The van der Waals surface area contributed by atoms with Crippen LogP contribution in [-0.4, -0.2) is 21.5 Å². The average molecular weight is 458 g/mol. The molecule has 6 nitrogen and oxygen atoms in total. The largest absolute Gasteiger partial charge is 0.487 e. The molecule has 0 radical (unpaired) electrons. The van der Waals surface area contributed by atoms with Gasteiger partial charge in [-0.05, 0) is 99.5 Å². The Hall–Kier alpha value is -3.54. The molecule has 2 N–H and O–H groups in total. The predicted molar refractivity (Wildman–Crippen MR) is 132 cm³/mol. The Kier molecular flexibility index (Phi) is 5.47. The summed E-state index contributed by atoms with van der Waals surface area (Å²) in [5.41, 5.74) is 7.93. The van der Waals surface area contributed by atoms with Crippen LogP contribution in [0.2, 0.25) is 0 Å². The van der Waals surface area contributed by atoms with E-state index in [0.717, 1.165) is 35.4 Å². The summed E-state index contributed by atoms with van der Waals surface area (Å²) < 4.78 is 12.3. The molecule has 34 heavy (non-hydrogen) atoms. The summed E-state index contributed by atoms with van der Waals surface area (Å²) >= 11 is 0. The van der Waals surface area contributed by atoms with Crippen molar-refractivity contribution >= 4 is 16.9 Å². The number of imidazole rings is 1. The Morgan fingerprint density at radius 2 is 1.88 bits per heavy atom. The number of amides is 1. The lowest BCUT2D eigenvalue weighted by Gasteiger charge is -2.35. The minimum atomic E-state index is -0.252. The first-order chi connectivity index (χ1) is 16.2. The number of para-hydroxylation sites is 2. The number of hydrogen-bond acceptors (Lipinski definition) is 4. The normalized spacial score (nSPS) is 14.6. The Labute approximate surface area is 199 Å². The summed E-state index contributed by atoms with van der Waals surface area (Å²) in [5, 5.41) is 2.89. The molecule has 4 aromatic rings. The Bertz CT molecular complexity index is 1360. The van der Waals surface area contributed by atoms with Crippen molar-refractivity contribution < 1.29 is 13.9 Å². The average Bonchev–Trinajstić information content (AvgIpc) is 3.45. The summed E-state index contributed by atoms with van der Waals surface area (Å²) in [7, 11) is 0. The Balaban J connectivity index is 1.31. The zero-order chi connectivity index (χ0) is 24.0. The second-order valence-electron chi connectivity index (χ2n) is 9.85. The molecular weight excluding hydrogens is 426 g/mol. The van der Waals surface area contributed by atoms with Gasteiger partial charge in [0.2, 0.25) is 0 Å². The first-order valence-electron chi connectivity index (χ1n) is 11.8. The number of carbonyl (C=O) groups excluding carboxylic acids is 1. The summed E-state index contributed by atoms with van der Waals surface area (Å²) in [4.78, 5) is 20.4. The maximum absolute atomic E-state index is 12.7.